The van der Waals surface area contributed by atoms with Gasteiger partial charge in [0.2, 0.25) is 0 Å². The van der Waals surface area contributed by atoms with Gasteiger partial charge in [0.05, 0.1) is 36.9 Å². The number of anilines is 1. The fourth-order valence-corrected chi connectivity index (χ4v) is 3.84. The van der Waals surface area contributed by atoms with E-state index in [0.717, 1.165) is 4.31 Å². The molecule has 0 aliphatic rings. The summed E-state index contributed by atoms with van der Waals surface area (Å²) >= 11 is 6.10. The second-order valence-corrected chi connectivity index (χ2v) is 7.35. The van der Waals surface area contributed by atoms with E-state index in [4.69, 9.17) is 21.1 Å². The maximum Gasteiger partial charge on any atom is 0.326 e. The van der Waals surface area contributed by atoms with Gasteiger partial charge < -0.3 is 14.2 Å². The first kappa shape index (κ1) is 19.9. The maximum atomic E-state index is 13.1. The van der Waals surface area contributed by atoms with Crippen LogP contribution >= 0.6 is 11.6 Å². The molecule has 26 heavy (non-hydrogen) atoms. The van der Waals surface area contributed by atoms with Crippen molar-refractivity contribution in [3.05, 3.63) is 47.5 Å². The van der Waals surface area contributed by atoms with Gasteiger partial charge in [-0.25, -0.2) is 8.42 Å². The third kappa shape index (κ3) is 4.20. The largest absolute Gasteiger partial charge is 0.497 e. The molecule has 0 aliphatic carbocycles. The second kappa shape index (κ2) is 8.29. The maximum absolute atomic E-state index is 13.1. The molecule has 2 rings (SSSR count). The van der Waals surface area contributed by atoms with Gasteiger partial charge in [-0.2, -0.15) is 0 Å². The number of ether oxygens (including phenoxy) is 3. The van der Waals surface area contributed by atoms with E-state index in [-0.39, 0.29) is 15.6 Å². The van der Waals surface area contributed by atoms with E-state index in [1.807, 2.05) is 0 Å². The van der Waals surface area contributed by atoms with Crippen molar-refractivity contribution in [1.82, 2.24) is 0 Å². The fraction of sp³-hybridized carbons (Fsp3) is 0.235. The molecule has 0 saturated heterocycles. The Morgan fingerprint density at radius 3 is 2.19 bits per heavy atom. The van der Waals surface area contributed by atoms with E-state index >= 15 is 0 Å². The number of halogens is 1. The number of hydrogen-bond acceptors (Lipinski definition) is 6. The Hall–Kier alpha value is -2.45. The number of methoxy groups -OCH3 is 3. The van der Waals surface area contributed by atoms with Crippen molar-refractivity contribution in [3.8, 4) is 11.5 Å². The zero-order chi connectivity index (χ0) is 19.3. The molecule has 0 heterocycles. The number of esters is 1. The van der Waals surface area contributed by atoms with E-state index in [1.165, 1.54) is 63.8 Å². The van der Waals surface area contributed by atoms with Gasteiger partial charge in [-0.1, -0.05) is 11.6 Å². The van der Waals surface area contributed by atoms with Gasteiger partial charge in [-0.3, -0.25) is 9.10 Å². The van der Waals surface area contributed by atoms with E-state index < -0.39 is 22.5 Å². The Morgan fingerprint density at radius 2 is 1.69 bits per heavy atom. The van der Waals surface area contributed by atoms with Crippen LogP contribution < -0.4 is 13.8 Å². The molecule has 0 N–H and O–H groups in total. The molecule has 0 bridgehead atoms. The quantitative estimate of drug-likeness (QED) is 0.666. The van der Waals surface area contributed by atoms with Crippen LogP contribution in [0.25, 0.3) is 0 Å². The van der Waals surface area contributed by atoms with Gasteiger partial charge in [-0.05, 0) is 42.5 Å². The summed E-state index contributed by atoms with van der Waals surface area (Å²) in [4.78, 5) is 11.8. The molecule has 0 radical (unpaired) electrons. The van der Waals surface area contributed by atoms with Crippen molar-refractivity contribution >= 4 is 33.3 Å². The molecule has 0 saturated carbocycles. The number of sulfonamides is 1. The lowest BCUT2D eigenvalue weighted by Crippen LogP contribution is -2.36. The monoisotopic (exact) mass is 399 g/mol. The SMILES string of the molecule is COC(=O)CN(c1ccc(OC)c(Cl)c1)S(=O)(=O)c1ccc(OC)cc1. The highest BCUT2D eigenvalue weighted by Gasteiger charge is 2.28. The molecular formula is C17H18ClNO6S. The summed E-state index contributed by atoms with van der Waals surface area (Å²) in [5, 5.41) is 0.213. The van der Waals surface area contributed by atoms with Crippen LogP contribution in [0.2, 0.25) is 5.02 Å². The van der Waals surface area contributed by atoms with Crippen LogP contribution in [-0.2, 0) is 19.6 Å². The molecule has 0 unspecified atom stereocenters. The molecule has 7 nitrogen and oxygen atoms in total. The summed E-state index contributed by atoms with van der Waals surface area (Å²) in [6, 6.07) is 10.2. The number of benzene rings is 2. The number of carbonyl (C=O) groups excluding carboxylic acids is 1. The minimum atomic E-state index is -4.04. The first-order chi connectivity index (χ1) is 12.3. The smallest absolute Gasteiger partial charge is 0.326 e. The van der Waals surface area contributed by atoms with Crippen LogP contribution in [0.3, 0.4) is 0 Å². The molecule has 2 aromatic carbocycles. The Balaban J connectivity index is 2.52. The molecule has 0 amide bonds. The Labute approximate surface area is 157 Å². The number of rotatable bonds is 7. The lowest BCUT2D eigenvalue weighted by Gasteiger charge is -2.24. The van der Waals surface area contributed by atoms with E-state index in [2.05, 4.69) is 4.74 Å². The molecule has 0 aromatic heterocycles. The van der Waals surface area contributed by atoms with Crippen LogP contribution in [0, 0.1) is 0 Å². The van der Waals surface area contributed by atoms with Crippen LogP contribution in [0.15, 0.2) is 47.4 Å². The summed E-state index contributed by atoms with van der Waals surface area (Å²) in [5.74, 6) is 0.181. The van der Waals surface area contributed by atoms with Crippen molar-refractivity contribution < 1.29 is 27.4 Å². The fourth-order valence-electron chi connectivity index (χ4n) is 2.18. The third-order valence-electron chi connectivity index (χ3n) is 3.57. The molecular weight excluding hydrogens is 382 g/mol. The third-order valence-corrected chi connectivity index (χ3v) is 5.65. The summed E-state index contributed by atoms with van der Waals surface area (Å²) in [6.45, 7) is -0.506. The van der Waals surface area contributed by atoms with Crippen molar-refractivity contribution in [2.75, 3.05) is 32.2 Å². The van der Waals surface area contributed by atoms with Crippen LogP contribution in [0.5, 0.6) is 11.5 Å². The number of nitrogens with zero attached hydrogens (tertiary/aromatic N) is 1. The summed E-state index contributed by atoms with van der Waals surface area (Å²) in [7, 11) is 0.0632. The molecule has 140 valence electrons. The Bertz CT molecular complexity index is 883. The summed E-state index contributed by atoms with van der Waals surface area (Å²) < 4.78 is 41.8. The average Bonchev–Trinajstić information content (AvgIpc) is 2.65. The Kier molecular flexibility index (Phi) is 6.33. The van der Waals surface area contributed by atoms with Gasteiger partial charge in [0.25, 0.3) is 10.0 Å². The first-order valence-electron chi connectivity index (χ1n) is 7.40. The van der Waals surface area contributed by atoms with Gasteiger partial charge in [0.15, 0.2) is 0 Å². The van der Waals surface area contributed by atoms with Crippen LogP contribution in [0.4, 0.5) is 5.69 Å². The second-order valence-electron chi connectivity index (χ2n) is 5.08. The summed E-state index contributed by atoms with van der Waals surface area (Å²) in [6.07, 6.45) is 0. The molecule has 0 spiro atoms. The van der Waals surface area contributed by atoms with E-state index in [0.29, 0.717) is 11.5 Å². The van der Waals surface area contributed by atoms with Gasteiger partial charge in [0.1, 0.15) is 18.0 Å². The zero-order valence-corrected chi connectivity index (χ0v) is 16.0. The van der Waals surface area contributed by atoms with E-state index in [1.54, 1.807) is 0 Å². The lowest BCUT2D eigenvalue weighted by molar-refractivity contribution is -0.138. The first-order valence-corrected chi connectivity index (χ1v) is 9.22. The molecule has 9 heteroatoms. The highest BCUT2D eigenvalue weighted by atomic mass is 35.5. The molecule has 2 aromatic rings. The Morgan fingerprint density at radius 1 is 1.04 bits per heavy atom. The minimum absolute atomic E-state index is 0.00542. The summed E-state index contributed by atoms with van der Waals surface area (Å²) in [5.41, 5.74) is 0.206. The predicted molar refractivity (Wildman–Crippen MR) is 97.5 cm³/mol. The standard InChI is InChI=1S/C17H18ClNO6S/c1-23-13-5-7-14(8-6-13)26(21,22)19(11-17(20)25-3)12-4-9-16(24-2)15(18)10-12/h4-10H,11H2,1-3H3. The lowest BCUT2D eigenvalue weighted by atomic mass is 10.3. The van der Waals surface area contributed by atoms with Crippen molar-refractivity contribution in [2.24, 2.45) is 0 Å². The molecule has 0 aliphatic heterocycles. The van der Waals surface area contributed by atoms with Crippen molar-refractivity contribution in [2.45, 2.75) is 4.90 Å². The van der Waals surface area contributed by atoms with Crippen molar-refractivity contribution in [3.63, 3.8) is 0 Å². The van der Waals surface area contributed by atoms with Gasteiger partial charge >= 0.3 is 5.97 Å². The van der Waals surface area contributed by atoms with E-state index in [9.17, 15) is 13.2 Å². The minimum Gasteiger partial charge on any atom is -0.497 e. The predicted octanol–water partition coefficient (Wildman–Crippen LogP) is 2.73. The number of carbonyl (C=O) groups is 1. The highest BCUT2D eigenvalue weighted by molar-refractivity contribution is 7.92. The van der Waals surface area contributed by atoms with Crippen LogP contribution in [-0.4, -0.2) is 42.3 Å². The highest BCUT2D eigenvalue weighted by Crippen LogP contribution is 2.32. The topological polar surface area (TPSA) is 82.1 Å². The van der Waals surface area contributed by atoms with Gasteiger partial charge in [0, 0.05) is 0 Å². The molecule has 0 fully saturated rings. The average molecular weight is 400 g/mol. The zero-order valence-electron chi connectivity index (χ0n) is 14.4. The van der Waals surface area contributed by atoms with Gasteiger partial charge in [-0.15, -0.1) is 0 Å². The number of hydrogen-bond donors (Lipinski definition) is 0. The van der Waals surface area contributed by atoms with Crippen molar-refractivity contribution in [1.29, 1.82) is 0 Å². The van der Waals surface area contributed by atoms with Crippen LogP contribution in [0.1, 0.15) is 0 Å². The molecule has 0 atom stereocenters. The normalized spacial score (nSPS) is 10.9.